The Morgan fingerprint density at radius 1 is 1.50 bits per heavy atom. The molecule has 0 aliphatic heterocycles. The Morgan fingerprint density at radius 2 is 2.17 bits per heavy atom. The van der Waals surface area contributed by atoms with Crippen molar-refractivity contribution in [2.75, 3.05) is 0 Å². The van der Waals surface area contributed by atoms with Gasteiger partial charge >= 0.3 is 0 Å². The van der Waals surface area contributed by atoms with Gasteiger partial charge in [-0.05, 0) is 12.1 Å². The van der Waals surface area contributed by atoms with Gasteiger partial charge in [0, 0.05) is 18.7 Å². The number of nitrogens with zero attached hydrogens (tertiary/aromatic N) is 1. The van der Waals surface area contributed by atoms with E-state index in [2.05, 4.69) is 4.98 Å². The van der Waals surface area contributed by atoms with E-state index in [0.717, 1.165) is 13.1 Å². The molecular formula is C8H7F2NO. The Kier molecular flexibility index (Phi) is 2.17. The molecule has 0 aliphatic rings. The number of carbonyl (C=O) groups excluding carboxylic acids is 1. The quantitative estimate of drug-likeness (QED) is 0.637. The number of hydrogen-bond donors (Lipinski definition) is 0. The maximum absolute atomic E-state index is 12.6. The highest BCUT2D eigenvalue weighted by atomic mass is 19.3. The third-order valence-electron chi connectivity index (χ3n) is 1.41. The van der Waals surface area contributed by atoms with Gasteiger partial charge in [0.1, 0.15) is 5.69 Å². The summed E-state index contributed by atoms with van der Waals surface area (Å²) in [6.07, 6.45) is 1.52. The lowest BCUT2D eigenvalue weighted by Crippen LogP contribution is -2.07. The van der Waals surface area contributed by atoms with Crippen molar-refractivity contribution in [1.82, 2.24) is 4.98 Å². The summed E-state index contributed by atoms with van der Waals surface area (Å²) in [6, 6.07) is 2.45. The molecule has 0 radical (unpaired) electrons. The Hall–Kier alpha value is -1.32. The smallest absolute Gasteiger partial charge is 0.272 e. The molecule has 0 unspecified atom stereocenters. The molecule has 0 N–H and O–H groups in total. The molecule has 1 rings (SSSR count). The number of rotatable bonds is 2. The summed E-state index contributed by atoms with van der Waals surface area (Å²) in [7, 11) is 0. The topological polar surface area (TPSA) is 30.0 Å². The van der Waals surface area contributed by atoms with Crippen LogP contribution in [0, 0.1) is 0 Å². The lowest BCUT2D eigenvalue weighted by Gasteiger charge is -2.08. The first-order chi connectivity index (χ1) is 5.54. The van der Waals surface area contributed by atoms with Gasteiger partial charge in [0.25, 0.3) is 5.92 Å². The average molecular weight is 171 g/mol. The predicted octanol–water partition coefficient (Wildman–Crippen LogP) is 2.01. The van der Waals surface area contributed by atoms with Gasteiger partial charge in [-0.2, -0.15) is 0 Å². The van der Waals surface area contributed by atoms with Crippen LogP contribution < -0.4 is 0 Å². The van der Waals surface area contributed by atoms with Crippen molar-refractivity contribution in [2.45, 2.75) is 12.8 Å². The highest BCUT2D eigenvalue weighted by Gasteiger charge is 2.24. The molecule has 0 spiro atoms. The first kappa shape index (κ1) is 8.77. The molecule has 0 atom stereocenters. The van der Waals surface area contributed by atoms with Gasteiger partial charge in [0.2, 0.25) is 0 Å². The van der Waals surface area contributed by atoms with Gasteiger partial charge in [-0.25, -0.2) is 8.78 Å². The average Bonchev–Trinajstić information content (AvgIpc) is 2.03. The molecule has 64 valence electrons. The fourth-order valence-corrected chi connectivity index (χ4v) is 0.735. The summed E-state index contributed by atoms with van der Waals surface area (Å²) in [5, 5.41) is 0. The van der Waals surface area contributed by atoms with E-state index in [1.54, 1.807) is 0 Å². The largest absolute Gasteiger partial charge is 0.296 e. The van der Waals surface area contributed by atoms with Crippen molar-refractivity contribution in [3.63, 3.8) is 0 Å². The van der Waals surface area contributed by atoms with Crippen molar-refractivity contribution in [1.29, 1.82) is 0 Å². The zero-order chi connectivity index (χ0) is 9.19. The van der Waals surface area contributed by atoms with Crippen LogP contribution in [0.2, 0.25) is 0 Å². The van der Waals surface area contributed by atoms with Crippen LogP contribution in [0.25, 0.3) is 0 Å². The van der Waals surface area contributed by atoms with E-state index in [1.807, 2.05) is 0 Å². The van der Waals surface area contributed by atoms with Crippen molar-refractivity contribution in [3.8, 4) is 0 Å². The van der Waals surface area contributed by atoms with Crippen LogP contribution in [0.15, 0.2) is 18.3 Å². The van der Waals surface area contributed by atoms with Gasteiger partial charge in [0.05, 0.1) is 0 Å². The fraction of sp³-hybridized carbons (Fsp3) is 0.250. The first-order valence-electron chi connectivity index (χ1n) is 3.33. The van der Waals surface area contributed by atoms with Gasteiger partial charge in [-0.15, -0.1) is 0 Å². The molecule has 1 aromatic heterocycles. The highest BCUT2D eigenvalue weighted by Crippen LogP contribution is 2.25. The number of pyridine rings is 1. The van der Waals surface area contributed by atoms with Gasteiger partial charge in [-0.1, -0.05) is 0 Å². The molecule has 1 aromatic rings. The number of aldehydes is 1. The number of aromatic nitrogens is 1. The first-order valence-corrected chi connectivity index (χ1v) is 3.33. The molecule has 0 aliphatic carbocycles. The van der Waals surface area contributed by atoms with E-state index in [1.165, 1.54) is 12.1 Å². The second-order valence-corrected chi connectivity index (χ2v) is 2.48. The Labute approximate surface area is 68.2 Å². The van der Waals surface area contributed by atoms with Crippen LogP contribution >= 0.6 is 0 Å². The molecule has 4 heteroatoms. The third kappa shape index (κ3) is 1.84. The molecule has 0 saturated heterocycles. The molecule has 0 amide bonds. The number of carbonyl (C=O) groups is 1. The normalized spacial score (nSPS) is 11.2. The van der Waals surface area contributed by atoms with Crippen molar-refractivity contribution < 1.29 is 13.6 Å². The molecule has 0 aromatic carbocycles. The summed E-state index contributed by atoms with van der Waals surface area (Å²) in [5.41, 5.74) is -0.0314. The van der Waals surface area contributed by atoms with Gasteiger partial charge < -0.3 is 0 Å². The van der Waals surface area contributed by atoms with E-state index in [0.29, 0.717) is 6.29 Å². The van der Waals surface area contributed by atoms with Gasteiger partial charge in [-0.3, -0.25) is 9.78 Å². The van der Waals surface area contributed by atoms with Crippen LogP contribution in [-0.2, 0) is 5.92 Å². The molecule has 0 saturated carbocycles. The van der Waals surface area contributed by atoms with Crippen molar-refractivity contribution in [2.24, 2.45) is 0 Å². The highest BCUT2D eigenvalue weighted by molar-refractivity contribution is 5.71. The minimum atomic E-state index is -2.89. The Morgan fingerprint density at radius 3 is 2.50 bits per heavy atom. The summed E-state index contributed by atoms with van der Waals surface area (Å²) >= 11 is 0. The fourth-order valence-electron chi connectivity index (χ4n) is 0.735. The van der Waals surface area contributed by atoms with E-state index in [-0.39, 0.29) is 11.3 Å². The van der Waals surface area contributed by atoms with E-state index < -0.39 is 5.92 Å². The number of hydrogen-bond acceptors (Lipinski definition) is 2. The maximum atomic E-state index is 12.6. The zero-order valence-corrected chi connectivity index (χ0v) is 6.42. The zero-order valence-electron chi connectivity index (χ0n) is 6.42. The second kappa shape index (κ2) is 2.97. The lowest BCUT2D eigenvalue weighted by molar-refractivity contribution is 0.0171. The second-order valence-electron chi connectivity index (χ2n) is 2.48. The summed E-state index contributed by atoms with van der Waals surface area (Å²) in [4.78, 5) is 13.6. The van der Waals surface area contributed by atoms with Crippen molar-refractivity contribution >= 4 is 6.29 Å². The summed E-state index contributed by atoms with van der Waals surface area (Å²) in [5.74, 6) is -2.89. The lowest BCUT2D eigenvalue weighted by atomic mass is 10.1. The summed E-state index contributed by atoms with van der Waals surface area (Å²) in [6.45, 7) is 0.782. The van der Waals surface area contributed by atoms with Crippen LogP contribution in [-0.4, -0.2) is 11.3 Å². The van der Waals surface area contributed by atoms with Crippen LogP contribution in [0.4, 0.5) is 8.78 Å². The molecular weight excluding hydrogens is 164 g/mol. The monoisotopic (exact) mass is 171 g/mol. The number of halogens is 2. The van der Waals surface area contributed by atoms with Crippen LogP contribution in [0.5, 0.6) is 0 Å². The molecule has 1 heterocycles. The van der Waals surface area contributed by atoms with Gasteiger partial charge in [0.15, 0.2) is 6.29 Å². The maximum Gasteiger partial charge on any atom is 0.272 e. The third-order valence-corrected chi connectivity index (χ3v) is 1.41. The van der Waals surface area contributed by atoms with Crippen LogP contribution in [0.3, 0.4) is 0 Å². The van der Waals surface area contributed by atoms with Crippen molar-refractivity contribution in [3.05, 3.63) is 29.6 Å². The minimum absolute atomic E-state index is 0.156. The minimum Gasteiger partial charge on any atom is -0.296 e. The van der Waals surface area contributed by atoms with Crippen LogP contribution in [0.1, 0.15) is 23.0 Å². The van der Waals surface area contributed by atoms with E-state index in [4.69, 9.17) is 0 Å². The predicted molar refractivity (Wildman–Crippen MR) is 39.2 cm³/mol. The number of alkyl halides is 2. The van der Waals surface area contributed by atoms with E-state index >= 15 is 0 Å². The SMILES string of the molecule is CC(F)(F)c1ccc(C=O)nc1. The molecule has 12 heavy (non-hydrogen) atoms. The summed E-state index contributed by atoms with van der Waals surface area (Å²) < 4.78 is 25.1. The standard InChI is InChI=1S/C8H7F2NO/c1-8(9,10)6-2-3-7(5-12)11-4-6/h2-5H,1H3. The Bertz CT molecular complexity index is 276. The Balaban J connectivity index is 3.00. The van der Waals surface area contributed by atoms with E-state index in [9.17, 15) is 13.6 Å². The molecule has 0 bridgehead atoms. The molecule has 0 fully saturated rings. The molecule has 2 nitrogen and oxygen atoms in total.